The molecule has 0 bridgehead atoms. The van der Waals surface area contributed by atoms with E-state index in [-0.39, 0.29) is 48.0 Å². The summed E-state index contributed by atoms with van der Waals surface area (Å²) in [4.78, 5) is 66.4. The molecule has 3 aromatic rings. The van der Waals surface area contributed by atoms with Crippen LogP contribution >= 0.6 is 23.2 Å². The van der Waals surface area contributed by atoms with Crippen molar-refractivity contribution in [2.75, 3.05) is 16.4 Å². The Morgan fingerprint density at radius 2 is 1.56 bits per heavy atom. The van der Waals surface area contributed by atoms with Gasteiger partial charge >= 0.3 is 0 Å². The molecule has 2 aliphatic heterocycles. The Hall–Kier alpha value is -4.54. The number of hydrogen-bond donors (Lipinski definition) is 1. The number of fused-ring (bicyclic) bond motifs is 4. The topological polar surface area (TPSA) is 121 Å². The second kappa shape index (κ2) is 11.3. The van der Waals surface area contributed by atoms with Gasteiger partial charge in [-0.25, -0.2) is 9.29 Å². The summed E-state index contributed by atoms with van der Waals surface area (Å²) < 4.78 is 19.5. The van der Waals surface area contributed by atoms with E-state index < -0.39 is 62.9 Å². The molecule has 2 heterocycles. The molecule has 12 heteroatoms. The molecular formula is C36H29Cl2FN2O7. The van der Waals surface area contributed by atoms with Gasteiger partial charge in [0.2, 0.25) is 11.8 Å². The molecule has 246 valence electrons. The van der Waals surface area contributed by atoms with Crippen LogP contribution in [0.3, 0.4) is 0 Å². The van der Waals surface area contributed by atoms with Gasteiger partial charge in [0.05, 0.1) is 29.8 Å². The SMILES string of the molecule is CCOc1cccc(C2C3=CCC4C(=O)N(c5ccc(C(C)=O)cc5)C(=O)C4C3CC3(Cl)C(=O)N(c4ccc(F)cc4)C(=O)C23Cl)c1O. The highest BCUT2D eigenvalue weighted by molar-refractivity contribution is 6.58. The molecule has 1 saturated carbocycles. The van der Waals surface area contributed by atoms with Gasteiger partial charge in [0, 0.05) is 17.0 Å². The Morgan fingerprint density at radius 3 is 2.21 bits per heavy atom. The van der Waals surface area contributed by atoms with E-state index in [0.717, 1.165) is 21.9 Å². The quantitative estimate of drug-likeness (QED) is 0.148. The summed E-state index contributed by atoms with van der Waals surface area (Å²) in [5.74, 6) is -7.48. The molecule has 0 radical (unpaired) electrons. The van der Waals surface area contributed by atoms with Crippen LogP contribution in [0, 0.1) is 23.6 Å². The number of allylic oxidation sites excluding steroid dienone is 2. The van der Waals surface area contributed by atoms with Crippen molar-refractivity contribution in [3.05, 3.63) is 95.3 Å². The number of alkyl halides is 2. The summed E-state index contributed by atoms with van der Waals surface area (Å²) in [7, 11) is 0. The van der Waals surface area contributed by atoms with Gasteiger partial charge in [0.1, 0.15) is 5.82 Å². The van der Waals surface area contributed by atoms with Crippen molar-refractivity contribution in [1.82, 2.24) is 0 Å². The Bertz CT molecular complexity index is 1950. The number of imide groups is 2. The van der Waals surface area contributed by atoms with Crippen LogP contribution < -0.4 is 14.5 Å². The standard InChI is InChI=1S/C36H29Cl2FN2O7/c1-3-48-27-6-4-5-25(30(27)43)29-23-15-16-24-28(32(45)40(31(24)44)21-11-7-19(8-12-21)18(2)42)26(23)17-35(37)33(46)41(34(47)36(29,35)38)22-13-9-20(39)10-14-22/h4-15,24,26,28-29,43H,3,16-17H2,1-2H3. The molecule has 9 nitrogen and oxygen atoms in total. The lowest BCUT2D eigenvalue weighted by molar-refractivity contribution is -0.125. The first kappa shape index (κ1) is 32.0. The van der Waals surface area contributed by atoms with Gasteiger partial charge in [0.15, 0.2) is 27.0 Å². The number of phenolic OH excluding ortho intramolecular Hbond substituents is 1. The zero-order chi connectivity index (χ0) is 34.3. The second-order valence-electron chi connectivity index (χ2n) is 12.5. The Kier molecular flexibility index (Phi) is 7.52. The minimum atomic E-state index is -2.20. The number of benzene rings is 3. The van der Waals surface area contributed by atoms with Gasteiger partial charge in [-0.2, -0.15) is 0 Å². The number of para-hydroxylation sites is 1. The molecular weight excluding hydrogens is 662 g/mol. The molecule has 7 rings (SSSR count). The lowest BCUT2D eigenvalue weighted by atomic mass is 9.56. The summed E-state index contributed by atoms with van der Waals surface area (Å²) in [6.45, 7) is 3.37. The van der Waals surface area contributed by atoms with E-state index >= 15 is 0 Å². The van der Waals surface area contributed by atoms with Crippen LogP contribution in [0.4, 0.5) is 15.8 Å². The van der Waals surface area contributed by atoms with Gasteiger partial charge in [0.25, 0.3) is 11.8 Å². The molecule has 4 amide bonds. The van der Waals surface area contributed by atoms with Crippen molar-refractivity contribution in [2.24, 2.45) is 17.8 Å². The van der Waals surface area contributed by atoms with Crippen molar-refractivity contribution in [2.45, 2.75) is 42.4 Å². The van der Waals surface area contributed by atoms with E-state index in [1.165, 1.54) is 43.3 Å². The molecule has 2 aliphatic carbocycles. The van der Waals surface area contributed by atoms with Gasteiger partial charge in [-0.3, -0.25) is 28.9 Å². The largest absolute Gasteiger partial charge is 0.504 e. The van der Waals surface area contributed by atoms with E-state index in [4.69, 9.17) is 27.9 Å². The highest BCUT2D eigenvalue weighted by Gasteiger charge is 2.77. The number of rotatable bonds is 6. The third-order valence-electron chi connectivity index (χ3n) is 10.1. The first-order valence-corrected chi connectivity index (χ1v) is 16.3. The highest BCUT2D eigenvalue weighted by atomic mass is 35.5. The average molecular weight is 692 g/mol. The number of Topliss-reactive ketones (excluding diaryl/α,β-unsaturated/α-hetero) is 1. The fraction of sp³-hybridized carbons (Fsp3) is 0.306. The number of ether oxygens (including phenoxy) is 1. The molecule has 2 saturated heterocycles. The zero-order valence-corrected chi connectivity index (χ0v) is 27.3. The van der Waals surface area contributed by atoms with Crippen molar-refractivity contribution in [1.29, 1.82) is 0 Å². The van der Waals surface area contributed by atoms with Crippen LogP contribution in [0.1, 0.15) is 48.5 Å². The third kappa shape index (κ3) is 4.31. The first-order valence-electron chi connectivity index (χ1n) is 15.5. The Labute approximate surface area is 284 Å². The zero-order valence-electron chi connectivity index (χ0n) is 25.8. The van der Waals surface area contributed by atoms with E-state index in [9.17, 15) is 33.5 Å². The number of nitrogens with zero attached hydrogens (tertiary/aromatic N) is 2. The molecule has 4 aliphatic rings. The highest BCUT2D eigenvalue weighted by Crippen LogP contribution is 2.66. The molecule has 0 aromatic heterocycles. The number of aromatic hydroxyl groups is 1. The number of carbonyl (C=O) groups excluding carboxylic acids is 5. The lowest BCUT2D eigenvalue weighted by Gasteiger charge is -2.50. The first-order chi connectivity index (χ1) is 22.8. The fourth-order valence-electron chi connectivity index (χ4n) is 7.89. The van der Waals surface area contributed by atoms with E-state index in [0.29, 0.717) is 16.8 Å². The number of hydrogen-bond acceptors (Lipinski definition) is 7. The summed E-state index contributed by atoms with van der Waals surface area (Å²) in [6.07, 6.45) is 1.61. The predicted octanol–water partition coefficient (Wildman–Crippen LogP) is 5.90. The normalized spacial score (nSPS) is 29.4. The minimum Gasteiger partial charge on any atom is -0.504 e. The number of anilines is 2. The molecule has 3 aromatic carbocycles. The van der Waals surface area contributed by atoms with Crippen LogP contribution in [-0.2, 0) is 19.2 Å². The average Bonchev–Trinajstić information content (AvgIpc) is 3.40. The van der Waals surface area contributed by atoms with Crippen LogP contribution in [-0.4, -0.2) is 50.9 Å². The van der Waals surface area contributed by atoms with Crippen LogP contribution in [0.25, 0.3) is 0 Å². The number of amides is 4. The fourth-order valence-corrected chi connectivity index (χ4v) is 8.81. The number of halogens is 3. The maximum absolute atomic E-state index is 14.5. The second-order valence-corrected chi connectivity index (χ2v) is 13.7. The van der Waals surface area contributed by atoms with E-state index in [1.807, 2.05) is 0 Å². The third-order valence-corrected chi connectivity index (χ3v) is 11.5. The summed E-state index contributed by atoms with van der Waals surface area (Å²) in [5, 5.41) is 11.5. The van der Waals surface area contributed by atoms with Gasteiger partial charge in [-0.15, -0.1) is 23.2 Å². The van der Waals surface area contributed by atoms with Gasteiger partial charge < -0.3 is 9.84 Å². The molecule has 3 fully saturated rings. The Balaban J connectivity index is 1.39. The number of carbonyl (C=O) groups is 5. The van der Waals surface area contributed by atoms with Gasteiger partial charge in [-0.1, -0.05) is 23.8 Å². The number of phenols is 1. The predicted molar refractivity (Wildman–Crippen MR) is 175 cm³/mol. The van der Waals surface area contributed by atoms with E-state index in [2.05, 4.69) is 0 Å². The van der Waals surface area contributed by atoms with Crippen molar-refractivity contribution < 1.29 is 38.2 Å². The van der Waals surface area contributed by atoms with E-state index in [1.54, 1.807) is 31.2 Å². The van der Waals surface area contributed by atoms with Gasteiger partial charge in [-0.05, 0) is 87.2 Å². The monoisotopic (exact) mass is 690 g/mol. The van der Waals surface area contributed by atoms with Crippen molar-refractivity contribution in [3.63, 3.8) is 0 Å². The molecule has 48 heavy (non-hydrogen) atoms. The van der Waals surface area contributed by atoms with Crippen molar-refractivity contribution >= 4 is 64.0 Å². The minimum absolute atomic E-state index is 0.0500. The summed E-state index contributed by atoms with van der Waals surface area (Å²) in [5.41, 5.74) is 1.41. The number of ketones is 1. The Morgan fingerprint density at radius 1 is 0.917 bits per heavy atom. The van der Waals surface area contributed by atoms with Crippen LogP contribution in [0.5, 0.6) is 11.5 Å². The maximum Gasteiger partial charge on any atom is 0.258 e. The summed E-state index contributed by atoms with van der Waals surface area (Å²) in [6, 6.07) is 15.6. The molecule has 6 unspecified atom stereocenters. The van der Waals surface area contributed by atoms with Crippen molar-refractivity contribution in [3.8, 4) is 11.5 Å². The molecule has 1 N–H and O–H groups in total. The van der Waals surface area contributed by atoms with Crippen LogP contribution in [0.15, 0.2) is 78.4 Å². The molecule has 0 spiro atoms. The van der Waals surface area contributed by atoms with Crippen LogP contribution in [0.2, 0.25) is 0 Å². The lowest BCUT2D eigenvalue weighted by Crippen LogP contribution is -2.60. The smallest absolute Gasteiger partial charge is 0.258 e. The maximum atomic E-state index is 14.5. The molecule has 6 atom stereocenters. The summed E-state index contributed by atoms with van der Waals surface area (Å²) >= 11 is 14.8.